The van der Waals surface area contributed by atoms with Gasteiger partial charge in [0.25, 0.3) is 0 Å². The van der Waals surface area contributed by atoms with Crippen LogP contribution in [0.2, 0.25) is 0 Å². The Morgan fingerprint density at radius 2 is 1.77 bits per heavy atom. The van der Waals surface area contributed by atoms with Crippen LogP contribution in [0.15, 0.2) is 48.8 Å². The highest BCUT2D eigenvalue weighted by atomic mass is 16.2. The van der Waals surface area contributed by atoms with Gasteiger partial charge in [-0.05, 0) is 60.9 Å². The smallest absolute Gasteiger partial charge is 0.228 e. The Morgan fingerprint density at radius 1 is 1.10 bits per heavy atom. The van der Waals surface area contributed by atoms with E-state index in [1.807, 2.05) is 24.0 Å². The van der Waals surface area contributed by atoms with Crippen molar-refractivity contribution in [1.82, 2.24) is 15.2 Å². The van der Waals surface area contributed by atoms with Gasteiger partial charge < -0.3 is 10.2 Å². The monoisotopic (exact) mass is 407 g/mol. The third-order valence-electron chi connectivity index (χ3n) is 5.84. The van der Waals surface area contributed by atoms with Gasteiger partial charge >= 0.3 is 0 Å². The average Bonchev–Trinajstić information content (AvgIpc) is 2.75. The Bertz CT molecular complexity index is 848. The molecule has 1 N–H and O–H groups in total. The van der Waals surface area contributed by atoms with Crippen LogP contribution in [0.25, 0.3) is 11.1 Å². The van der Waals surface area contributed by atoms with E-state index in [2.05, 4.69) is 48.4 Å². The highest BCUT2D eigenvalue weighted by molar-refractivity contribution is 5.85. The molecule has 0 spiro atoms. The maximum absolute atomic E-state index is 13.1. The molecule has 1 aromatic heterocycles. The summed E-state index contributed by atoms with van der Waals surface area (Å²) in [6.07, 6.45) is 6.41. The summed E-state index contributed by atoms with van der Waals surface area (Å²) >= 11 is 0. The number of carbonyl (C=O) groups is 2. The Balaban J connectivity index is 1.81. The zero-order valence-corrected chi connectivity index (χ0v) is 18.4. The third kappa shape index (κ3) is 5.26. The van der Waals surface area contributed by atoms with Gasteiger partial charge in [-0.1, -0.05) is 38.1 Å². The normalized spacial score (nSPS) is 19.0. The third-order valence-corrected chi connectivity index (χ3v) is 5.84. The van der Waals surface area contributed by atoms with Gasteiger partial charge in [-0.25, -0.2) is 0 Å². The zero-order chi connectivity index (χ0) is 21.6. The molecule has 1 atom stereocenters. The fourth-order valence-corrected chi connectivity index (χ4v) is 4.33. The number of carbonyl (C=O) groups excluding carboxylic acids is 2. The molecule has 0 radical (unpaired) electrons. The van der Waals surface area contributed by atoms with Gasteiger partial charge in [0.15, 0.2) is 0 Å². The van der Waals surface area contributed by atoms with Gasteiger partial charge in [-0.3, -0.25) is 14.6 Å². The molecule has 1 aliphatic heterocycles. The lowest BCUT2D eigenvalue weighted by Gasteiger charge is -2.42. The predicted octanol–water partition coefficient (Wildman–Crippen LogP) is 4.08. The van der Waals surface area contributed by atoms with Crippen molar-refractivity contribution in [3.05, 3.63) is 54.4 Å². The second-order valence-electron chi connectivity index (χ2n) is 8.77. The van der Waals surface area contributed by atoms with Crippen LogP contribution in [0.5, 0.6) is 0 Å². The molecular weight excluding hydrogens is 374 g/mol. The van der Waals surface area contributed by atoms with E-state index in [1.54, 1.807) is 12.4 Å². The van der Waals surface area contributed by atoms with Crippen LogP contribution in [0.3, 0.4) is 0 Å². The Kier molecular flexibility index (Phi) is 7.24. The number of hydrogen-bond acceptors (Lipinski definition) is 3. The molecule has 1 fully saturated rings. The highest BCUT2D eigenvalue weighted by Crippen LogP contribution is 2.35. The Morgan fingerprint density at radius 3 is 2.40 bits per heavy atom. The molecule has 2 amide bonds. The van der Waals surface area contributed by atoms with Gasteiger partial charge in [0.05, 0.1) is 5.41 Å². The maximum Gasteiger partial charge on any atom is 0.228 e. The second-order valence-corrected chi connectivity index (χ2v) is 8.77. The van der Waals surface area contributed by atoms with Gasteiger partial charge in [-0.15, -0.1) is 0 Å². The molecule has 0 aliphatic carbocycles. The summed E-state index contributed by atoms with van der Waals surface area (Å²) in [6.45, 7) is 7.90. The molecule has 160 valence electrons. The summed E-state index contributed by atoms with van der Waals surface area (Å²) in [5.74, 6) is 0.538. The molecule has 5 nitrogen and oxygen atoms in total. The number of rotatable bonds is 7. The minimum absolute atomic E-state index is 0.0604. The van der Waals surface area contributed by atoms with E-state index < -0.39 is 5.41 Å². The number of nitrogens with one attached hydrogen (secondary N) is 1. The lowest BCUT2D eigenvalue weighted by Crippen LogP contribution is -2.54. The molecule has 30 heavy (non-hydrogen) atoms. The summed E-state index contributed by atoms with van der Waals surface area (Å²) in [6, 6.07) is 12.4. The molecular formula is C25H33N3O2. The van der Waals surface area contributed by atoms with Crippen LogP contribution >= 0.6 is 0 Å². The highest BCUT2D eigenvalue weighted by Gasteiger charge is 2.43. The van der Waals surface area contributed by atoms with E-state index in [0.29, 0.717) is 31.8 Å². The van der Waals surface area contributed by atoms with E-state index in [9.17, 15) is 9.59 Å². The maximum atomic E-state index is 13.1. The molecule has 0 bridgehead atoms. The molecule has 1 saturated heterocycles. The second kappa shape index (κ2) is 9.88. The number of likely N-dealkylation sites (tertiary alicyclic amines) is 1. The fourth-order valence-electron chi connectivity index (χ4n) is 4.33. The van der Waals surface area contributed by atoms with Gasteiger partial charge in [-0.2, -0.15) is 0 Å². The van der Waals surface area contributed by atoms with Gasteiger partial charge in [0.1, 0.15) is 0 Å². The molecule has 1 aliphatic rings. The topological polar surface area (TPSA) is 62.3 Å². The first kappa shape index (κ1) is 22.0. The first-order valence-electron chi connectivity index (χ1n) is 11.0. The molecule has 0 unspecified atom stereocenters. The van der Waals surface area contributed by atoms with Crippen molar-refractivity contribution in [1.29, 1.82) is 0 Å². The quantitative estimate of drug-likeness (QED) is 0.752. The lowest BCUT2D eigenvalue weighted by molar-refractivity contribution is -0.142. The minimum Gasteiger partial charge on any atom is -0.356 e. The van der Waals surface area contributed by atoms with E-state index >= 15 is 0 Å². The van der Waals surface area contributed by atoms with Crippen LogP contribution in [0.1, 0.15) is 45.6 Å². The Hall–Kier alpha value is -2.69. The van der Waals surface area contributed by atoms with E-state index in [-0.39, 0.29) is 11.8 Å². The molecule has 3 rings (SSSR count). The predicted molar refractivity (Wildman–Crippen MR) is 120 cm³/mol. The van der Waals surface area contributed by atoms with Crippen molar-refractivity contribution in [3.63, 3.8) is 0 Å². The van der Waals surface area contributed by atoms with Gasteiger partial charge in [0, 0.05) is 38.4 Å². The standard InChI is InChI=1S/C25H33N3O2/c1-4-27-24(30)25(12-5-15-28(18-25)23(29)16-19(2)3)17-20-6-8-21(9-7-20)22-10-13-26-14-11-22/h6-11,13-14,19H,4-5,12,15-18H2,1-3H3,(H,27,30)/t25-/m0/s1. The molecule has 2 heterocycles. The fraction of sp³-hybridized carbons (Fsp3) is 0.480. The first-order chi connectivity index (χ1) is 14.4. The zero-order valence-electron chi connectivity index (χ0n) is 18.4. The van der Waals surface area contributed by atoms with Gasteiger partial charge in [0.2, 0.25) is 11.8 Å². The van der Waals surface area contributed by atoms with E-state index in [4.69, 9.17) is 0 Å². The number of amides is 2. The number of benzene rings is 1. The number of nitrogens with zero attached hydrogens (tertiary/aromatic N) is 2. The summed E-state index contributed by atoms with van der Waals surface area (Å²) in [5.41, 5.74) is 2.81. The molecule has 0 saturated carbocycles. The van der Waals surface area contributed by atoms with E-state index in [0.717, 1.165) is 36.1 Å². The number of pyridine rings is 1. The number of hydrogen-bond donors (Lipinski definition) is 1. The summed E-state index contributed by atoms with van der Waals surface area (Å²) in [4.78, 5) is 31.8. The summed E-state index contributed by atoms with van der Waals surface area (Å²) in [5, 5.41) is 3.03. The molecule has 1 aromatic carbocycles. The largest absolute Gasteiger partial charge is 0.356 e. The minimum atomic E-state index is -0.570. The number of piperidine rings is 1. The average molecular weight is 408 g/mol. The van der Waals surface area contributed by atoms with Crippen molar-refractivity contribution < 1.29 is 9.59 Å². The van der Waals surface area contributed by atoms with E-state index in [1.165, 1.54) is 0 Å². The van der Waals surface area contributed by atoms with Crippen LogP contribution in [0, 0.1) is 11.3 Å². The molecule has 2 aromatic rings. The van der Waals surface area contributed by atoms with Crippen molar-refractivity contribution >= 4 is 11.8 Å². The molecule has 5 heteroatoms. The Labute approximate surface area is 179 Å². The van der Waals surface area contributed by atoms with Crippen molar-refractivity contribution in [2.45, 2.75) is 46.5 Å². The first-order valence-corrected chi connectivity index (χ1v) is 11.0. The SMILES string of the molecule is CCNC(=O)[C@]1(Cc2ccc(-c3ccncc3)cc2)CCCN(C(=O)CC(C)C)C1. The van der Waals surface area contributed by atoms with Crippen LogP contribution in [-0.4, -0.2) is 41.3 Å². The lowest BCUT2D eigenvalue weighted by atomic mass is 9.74. The van der Waals surface area contributed by atoms with Crippen molar-refractivity contribution in [2.24, 2.45) is 11.3 Å². The van der Waals surface area contributed by atoms with Crippen LogP contribution in [0.4, 0.5) is 0 Å². The van der Waals surface area contributed by atoms with Crippen LogP contribution < -0.4 is 5.32 Å². The summed E-state index contributed by atoms with van der Waals surface area (Å²) in [7, 11) is 0. The van der Waals surface area contributed by atoms with Crippen molar-refractivity contribution in [2.75, 3.05) is 19.6 Å². The van der Waals surface area contributed by atoms with Crippen molar-refractivity contribution in [3.8, 4) is 11.1 Å². The van der Waals surface area contributed by atoms with Crippen LogP contribution in [-0.2, 0) is 16.0 Å². The summed E-state index contributed by atoms with van der Waals surface area (Å²) < 4.78 is 0. The number of aromatic nitrogens is 1.